The third kappa shape index (κ3) is 3.40. The third-order valence-electron chi connectivity index (χ3n) is 1.67. The average molecular weight is 154 g/mol. The Morgan fingerprint density at radius 3 is 2.55 bits per heavy atom. The van der Waals surface area contributed by atoms with Gasteiger partial charge in [0.2, 0.25) is 0 Å². The number of nitrogens with zero attached hydrogens (tertiary/aromatic N) is 1. The van der Waals surface area contributed by atoms with E-state index in [0.717, 1.165) is 12.8 Å². The Morgan fingerprint density at radius 1 is 1.36 bits per heavy atom. The Balaban J connectivity index is 2.26. The smallest absolute Gasteiger partial charge is 0.122 e. The minimum absolute atomic E-state index is 0.216. The summed E-state index contributed by atoms with van der Waals surface area (Å²) in [6.07, 6.45) is 7.04. The summed E-state index contributed by atoms with van der Waals surface area (Å²) in [6, 6.07) is 0. The molecule has 1 fully saturated rings. The lowest BCUT2D eigenvalue weighted by Gasteiger charge is -2.12. The first-order valence-electron chi connectivity index (χ1n) is 4.32. The van der Waals surface area contributed by atoms with Gasteiger partial charge in [-0.05, 0) is 46.0 Å². The van der Waals surface area contributed by atoms with Crippen LogP contribution in [0.1, 0.15) is 39.5 Å². The lowest BCUT2D eigenvalue weighted by Crippen LogP contribution is -2.07. The highest BCUT2D eigenvalue weighted by Crippen LogP contribution is 2.14. The zero-order valence-corrected chi connectivity index (χ0v) is 7.34. The van der Waals surface area contributed by atoms with E-state index in [0.29, 0.717) is 0 Å². The standard InChI is InChI=1S/C9H16NO/c1-8(2)11-10-9-6-4-3-5-7-9/h3,8H,4-7H2,1-2H3. The van der Waals surface area contributed by atoms with Crippen LogP contribution in [0.5, 0.6) is 0 Å². The minimum atomic E-state index is 0.216. The monoisotopic (exact) mass is 154 g/mol. The summed E-state index contributed by atoms with van der Waals surface area (Å²) < 4.78 is 0. The molecule has 63 valence electrons. The Bertz CT molecular complexity index is 132. The van der Waals surface area contributed by atoms with E-state index < -0.39 is 0 Å². The van der Waals surface area contributed by atoms with Crippen molar-refractivity contribution < 1.29 is 4.84 Å². The Morgan fingerprint density at radius 2 is 2.00 bits per heavy atom. The zero-order valence-electron chi connectivity index (χ0n) is 7.34. The Labute approximate surface area is 68.6 Å². The molecular weight excluding hydrogens is 138 g/mol. The van der Waals surface area contributed by atoms with Crippen LogP contribution < -0.4 is 0 Å². The van der Waals surface area contributed by atoms with Gasteiger partial charge in [0.05, 0.1) is 5.71 Å². The molecule has 0 aliphatic heterocycles. The summed E-state index contributed by atoms with van der Waals surface area (Å²) in [6.45, 7) is 4.00. The SMILES string of the molecule is CC(C)ON=C1CC[CH]CC1. The molecule has 0 unspecified atom stereocenters. The van der Waals surface area contributed by atoms with E-state index in [2.05, 4.69) is 11.6 Å². The minimum Gasteiger partial charge on any atom is -0.393 e. The first-order chi connectivity index (χ1) is 5.29. The van der Waals surface area contributed by atoms with Gasteiger partial charge in [0.25, 0.3) is 0 Å². The number of oxime groups is 1. The van der Waals surface area contributed by atoms with E-state index in [1.807, 2.05) is 13.8 Å². The molecule has 1 rings (SSSR count). The van der Waals surface area contributed by atoms with Crippen molar-refractivity contribution >= 4 is 5.71 Å². The molecule has 0 aromatic carbocycles. The molecule has 0 spiro atoms. The molecule has 1 radical (unpaired) electrons. The van der Waals surface area contributed by atoms with E-state index >= 15 is 0 Å². The van der Waals surface area contributed by atoms with Crippen molar-refractivity contribution in [1.29, 1.82) is 0 Å². The van der Waals surface area contributed by atoms with Crippen LogP contribution in [0.15, 0.2) is 5.16 Å². The Kier molecular flexibility index (Phi) is 3.40. The van der Waals surface area contributed by atoms with Gasteiger partial charge in [-0.2, -0.15) is 0 Å². The summed E-state index contributed by atoms with van der Waals surface area (Å²) in [7, 11) is 0. The molecule has 0 bridgehead atoms. The van der Waals surface area contributed by atoms with Crippen LogP contribution >= 0.6 is 0 Å². The summed E-state index contributed by atoms with van der Waals surface area (Å²) in [4.78, 5) is 5.16. The first-order valence-corrected chi connectivity index (χ1v) is 4.32. The lowest BCUT2D eigenvalue weighted by atomic mass is 9.99. The van der Waals surface area contributed by atoms with Crippen molar-refractivity contribution in [2.24, 2.45) is 5.16 Å². The van der Waals surface area contributed by atoms with E-state index in [1.165, 1.54) is 18.6 Å². The van der Waals surface area contributed by atoms with Crippen molar-refractivity contribution in [2.45, 2.75) is 45.6 Å². The summed E-state index contributed by atoms with van der Waals surface area (Å²) in [5.41, 5.74) is 1.22. The predicted octanol–water partition coefficient (Wildman–Crippen LogP) is 2.55. The Hall–Kier alpha value is -0.530. The second-order valence-electron chi connectivity index (χ2n) is 3.18. The highest BCUT2D eigenvalue weighted by molar-refractivity contribution is 5.84. The van der Waals surface area contributed by atoms with Crippen molar-refractivity contribution in [3.05, 3.63) is 6.42 Å². The summed E-state index contributed by atoms with van der Waals surface area (Å²) in [5, 5.41) is 4.08. The highest BCUT2D eigenvalue weighted by Gasteiger charge is 2.07. The number of rotatable bonds is 2. The van der Waals surface area contributed by atoms with E-state index in [-0.39, 0.29) is 6.10 Å². The van der Waals surface area contributed by atoms with E-state index in [1.54, 1.807) is 0 Å². The van der Waals surface area contributed by atoms with Crippen molar-refractivity contribution in [2.75, 3.05) is 0 Å². The second kappa shape index (κ2) is 4.37. The predicted molar refractivity (Wildman–Crippen MR) is 46.4 cm³/mol. The van der Waals surface area contributed by atoms with Crippen LogP contribution in [0.3, 0.4) is 0 Å². The molecule has 0 saturated heterocycles. The summed E-state index contributed by atoms with van der Waals surface area (Å²) in [5.74, 6) is 0. The topological polar surface area (TPSA) is 21.6 Å². The van der Waals surface area contributed by atoms with Gasteiger partial charge >= 0.3 is 0 Å². The van der Waals surface area contributed by atoms with Crippen molar-refractivity contribution in [3.8, 4) is 0 Å². The molecule has 2 nitrogen and oxygen atoms in total. The van der Waals surface area contributed by atoms with E-state index in [4.69, 9.17) is 4.84 Å². The van der Waals surface area contributed by atoms with Crippen molar-refractivity contribution in [3.63, 3.8) is 0 Å². The van der Waals surface area contributed by atoms with Gasteiger partial charge in [-0.3, -0.25) is 0 Å². The maximum atomic E-state index is 5.16. The van der Waals surface area contributed by atoms with Gasteiger partial charge in [-0.1, -0.05) is 5.16 Å². The fraction of sp³-hybridized carbons (Fsp3) is 0.778. The molecule has 0 aromatic rings. The zero-order chi connectivity index (χ0) is 8.10. The molecule has 0 N–H and O–H groups in total. The van der Waals surface area contributed by atoms with Crippen LogP contribution in [-0.4, -0.2) is 11.8 Å². The molecule has 0 amide bonds. The number of hydrogen-bond donors (Lipinski definition) is 0. The van der Waals surface area contributed by atoms with Gasteiger partial charge < -0.3 is 4.84 Å². The van der Waals surface area contributed by atoms with Gasteiger partial charge in [-0.25, -0.2) is 0 Å². The van der Waals surface area contributed by atoms with Gasteiger partial charge in [-0.15, -0.1) is 0 Å². The van der Waals surface area contributed by atoms with Crippen LogP contribution in [0.25, 0.3) is 0 Å². The fourth-order valence-corrected chi connectivity index (χ4v) is 1.08. The average Bonchev–Trinajstić information content (AvgIpc) is 2.03. The molecule has 2 heteroatoms. The van der Waals surface area contributed by atoms with Gasteiger partial charge in [0.1, 0.15) is 6.10 Å². The number of hydrogen-bond acceptors (Lipinski definition) is 2. The van der Waals surface area contributed by atoms with Crippen LogP contribution in [-0.2, 0) is 4.84 Å². The fourth-order valence-electron chi connectivity index (χ4n) is 1.08. The van der Waals surface area contributed by atoms with Crippen LogP contribution in [0, 0.1) is 6.42 Å². The molecular formula is C9H16NO. The normalized spacial score (nSPS) is 18.6. The molecule has 1 aliphatic rings. The third-order valence-corrected chi connectivity index (χ3v) is 1.67. The molecule has 11 heavy (non-hydrogen) atoms. The second-order valence-corrected chi connectivity index (χ2v) is 3.18. The molecule has 1 aliphatic carbocycles. The molecule has 0 atom stereocenters. The van der Waals surface area contributed by atoms with Crippen molar-refractivity contribution in [1.82, 2.24) is 0 Å². The maximum absolute atomic E-state index is 5.16. The maximum Gasteiger partial charge on any atom is 0.122 e. The molecule has 1 saturated carbocycles. The van der Waals surface area contributed by atoms with Gasteiger partial charge in [0, 0.05) is 0 Å². The summed E-state index contributed by atoms with van der Waals surface area (Å²) >= 11 is 0. The quantitative estimate of drug-likeness (QED) is 0.560. The molecule has 0 aromatic heterocycles. The van der Waals surface area contributed by atoms with Gasteiger partial charge in [0.15, 0.2) is 0 Å². The largest absolute Gasteiger partial charge is 0.393 e. The molecule has 0 heterocycles. The van der Waals surface area contributed by atoms with Crippen LogP contribution in [0.2, 0.25) is 0 Å². The first kappa shape index (κ1) is 8.57. The van der Waals surface area contributed by atoms with E-state index in [9.17, 15) is 0 Å². The lowest BCUT2D eigenvalue weighted by molar-refractivity contribution is 0.0847. The highest BCUT2D eigenvalue weighted by atomic mass is 16.6. The van der Waals surface area contributed by atoms with Crippen LogP contribution in [0.4, 0.5) is 0 Å².